The van der Waals surface area contributed by atoms with E-state index in [1.54, 1.807) is 6.92 Å². The molecule has 94 valence electrons. The molecule has 2 aromatic rings. The first-order valence-corrected chi connectivity index (χ1v) is 6.04. The molecule has 1 N–H and O–H groups in total. The standard InChI is InChI=1S/C12H13N3O3/c1-6-10-8(9(12(16)17)15-18-10)14-11(13-6)7-4-2-3-5-7/h7H,2-5H2,1H3,(H,16,17). The fraction of sp³-hybridized carbons (Fsp3) is 0.500. The second kappa shape index (κ2) is 4.04. The molecule has 6 nitrogen and oxygen atoms in total. The average molecular weight is 247 g/mol. The lowest BCUT2D eigenvalue weighted by Gasteiger charge is -2.07. The van der Waals surface area contributed by atoms with Crippen LogP contribution in [-0.2, 0) is 0 Å². The highest BCUT2D eigenvalue weighted by Crippen LogP contribution is 2.33. The molecule has 1 aliphatic rings. The van der Waals surface area contributed by atoms with Gasteiger partial charge in [0.1, 0.15) is 11.3 Å². The van der Waals surface area contributed by atoms with Crippen LogP contribution in [0, 0.1) is 6.92 Å². The maximum atomic E-state index is 11.0. The molecule has 6 heteroatoms. The number of carboxylic acid groups (broad SMARTS) is 1. The van der Waals surface area contributed by atoms with Crippen molar-refractivity contribution >= 4 is 17.1 Å². The number of carboxylic acids is 1. The highest BCUT2D eigenvalue weighted by Gasteiger charge is 2.24. The number of aromatic carboxylic acids is 1. The van der Waals surface area contributed by atoms with Crippen LogP contribution in [-0.4, -0.2) is 26.2 Å². The smallest absolute Gasteiger partial charge is 0.360 e. The van der Waals surface area contributed by atoms with Crippen molar-refractivity contribution in [2.75, 3.05) is 0 Å². The first-order valence-electron chi connectivity index (χ1n) is 6.04. The lowest BCUT2D eigenvalue weighted by molar-refractivity contribution is 0.0687. The Balaban J connectivity index is 2.17. The molecule has 1 fully saturated rings. The van der Waals surface area contributed by atoms with E-state index in [0.717, 1.165) is 18.7 Å². The second-order valence-corrected chi connectivity index (χ2v) is 4.66. The molecule has 1 aliphatic carbocycles. The number of aryl methyl sites for hydroxylation is 1. The summed E-state index contributed by atoms with van der Waals surface area (Å²) in [5.41, 5.74) is 1.21. The van der Waals surface area contributed by atoms with Crippen molar-refractivity contribution in [2.24, 2.45) is 0 Å². The first-order chi connectivity index (χ1) is 8.66. The number of aromatic nitrogens is 3. The van der Waals surface area contributed by atoms with E-state index in [-0.39, 0.29) is 5.69 Å². The number of hydrogen-bond donors (Lipinski definition) is 1. The number of hydrogen-bond acceptors (Lipinski definition) is 5. The highest BCUT2D eigenvalue weighted by atomic mass is 16.5. The Hall–Kier alpha value is -1.98. The van der Waals surface area contributed by atoms with E-state index < -0.39 is 5.97 Å². The van der Waals surface area contributed by atoms with E-state index in [0.29, 0.717) is 22.7 Å². The zero-order valence-electron chi connectivity index (χ0n) is 10.0. The predicted molar refractivity (Wildman–Crippen MR) is 62.5 cm³/mol. The Morgan fingerprint density at radius 1 is 1.33 bits per heavy atom. The lowest BCUT2D eigenvalue weighted by Crippen LogP contribution is -2.04. The van der Waals surface area contributed by atoms with Crippen LogP contribution in [0.5, 0.6) is 0 Å². The number of fused-ring (bicyclic) bond motifs is 1. The molecule has 0 amide bonds. The van der Waals surface area contributed by atoms with E-state index in [4.69, 9.17) is 9.63 Å². The number of nitrogens with zero attached hydrogens (tertiary/aromatic N) is 3. The maximum absolute atomic E-state index is 11.0. The Morgan fingerprint density at radius 3 is 2.72 bits per heavy atom. The summed E-state index contributed by atoms with van der Waals surface area (Å²) in [5.74, 6) is -0.0583. The van der Waals surface area contributed by atoms with Gasteiger partial charge < -0.3 is 9.63 Å². The van der Waals surface area contributed by atoms with Gasteiger partial charge in [-0.15, -0.1) is 0 Å². The van der Waals surface area contributed by atoms with Crippen LogP contribution < -0.4 is 0 Å². The van der Waals surface area contributed by atoms with Crippen LogP contribution >= 0.6 is 0 Å². The van der Waals surface area contributed by atoms with Gasteiger partial charge in [0.05, 0.1) is 5.69 Å². The van der Waals surface area contributed by atoms with E-state index >= 15 is 0 Å². The van der Waals surface area contributed by atoms with Gasteiger partial charge >= 0.3 is 5.97 Å². The lowest BCUT2D eigenvalue weighted by atomic mass is 10.1. The number of carbonyl (C=O) groups is 1. The van der Waals surface area contributed by atoms with Gasteiger partial charge in [0.2, 0.25) is 11.3 Å². The largest absolute Gasteiger partial charge is 0.476 e. The Morgan fingerprint density at radius 2 is 2.06 bits per heavy atom. The van der Waals surface area contributed by atoms with Gasteiger partial charge in [-0.25, -0.2) is 14.8 Å². The van der Waals surface area contributed by atoms with E-state index in [1.807, 2.05) is 0 Å². The summed E-state index contributed by atoms with van der Waals surface area (Å²) in [4.78, 5) is 19.8. The van der Waals surface area contributed by atoms with Crippen molar-refractivity contribution in [3.8, 4) is 0 Å². The van der Waals surface area contributed by atoms with Crippen LogP contribution in [0.25, 0.3) is 11.1 Å². The van der Waals surface area contributed by atoms with Crippen LogP contribution in [0.1, 0.15) is 53.6 Å². The monoisotopic (exact) mass is 247 g/mol. The minimum atomic E-state index is -1.12. The quantitative estimate of drug-likeness (QED) is 0.875. The normalized spacial score (nSPS) is 16.5. The van der Waals surface area contributed by atoms with Gasteiger partial charge in [-0.3, -0.25) is 0 Å². The Labute approximate surface area is 103 Å². The van der Waals surface area contributed by atoms with Gasteiger partial charge in [-0.1, -0.05) is 18.0 Å². The van der Waals surface area contributed by atoms with Gasteiger partial charge in [-0.05, 0) is 19.8 Å². The summed E-state index contributed by atoms with van der Waals surface area (Å²) < 4.78 is 5.00. The van der Waals surface area contributed by atoms with Gasteiger partial charge in [0.25, 0.3) is 0 Å². The highest BCUT2D eigenvalue weighted by molar-refractivity contribution is 5.98. The van der Waals surface area contributed by atoms with Crippen molar-refractivity contribution in [2.45, 2.75) is 38.5 Å². The Kier molecular flexibility index (Phi) is 2.50. The van der Waals surface area contributed by atoms with E-state index in [9.17, 15) is 4.79 Å². The Bertz CT molecular complexity index is 614. The average Bonchev–Trinajstić information content (AvgIpc) is 2.97. The van der Waals surface area contributed by atoms with Gasteiger partial charge in [0.15, 0.2) is 0 Å². The topological polar surface area (TPSA) is 89.1 Å². The fourth-order valence-electron chi connectivity index (χ4n) is 2.50. The number of rotatable bonds is 2. The summed E-state index contributed by atoms with van der Waals surface area (Å²) in [5, 5.41) is 12.6. The molecule has 2 heterocycles. The molecule has 0 saturated heterocycles. The third-order valence-corrected chi connectivity index (χ3v) is 3.43. The molecular formula is C12H13N3O3. The van der Waals surface area contributed by atoms with E-state index in [1.165, 1.54) is 12.8 Å². The SMILES string of the molecule is Cc1nc(C2CCCC2)nc2c(C(=O)O)noc12. The van der Waals surface area contributed by atoms with Crippen LogP contribution in [0.4, 0.5) is 0 Å². The molecule has 0 aliphatic heterocycles. The van der Waals surface area contributed by atoms with Crippen molar-refractivity contribution in [1.29, 1.82) is 0 Å². The molecule has 0 unspecified atom stereocenters. The minimum Gasteiger partial charge on any atom is -0.476 e. The van der Waals surface area contributed by atoms with Gasteiger partial charge in [0, 0.05) is 5.92 Å². The van der Waals surface area contributed by atoms with Crippen molar-refractivity contribution in [3.05, 3.63) is 17.2 Å². The van der Waals surface area contributed by atoms with Crippen molar-refractivity contribution in [3.63, 3.8) is 0 Å². The fourth-order valence-corrected chi connectivity index (χ4v) is 2.50. The third kappa shape index (κ3) is 1.64. The molecule has 2 aromatic heterocycles. The van der Waals surface area contributed by atoms with Crippen LogP contribution in [0.2, 0.25) is 0 Å². The summed E-state index contributed by atoms with van der Waals surface area (Å²) in [6, 6.07) is 0. The molecule has 0 aromatic carbocycles. The maximum Gasteiger partial charge on any atom is 0.360 e. The molecule has 0 bridgehead atoms. The van der Waals surface area contributed by atoms with Crippen LogP contribution in [0.3, 0.4) is 0 Å². The van der Waals surface area contributed by atoms with Crippen molar-refractivity contribution in [1.82, 2.24) is 15.1 Å². The first kappa shape index (κ1) is 11.1. The summed E-state index contributed by atoms with van der Waals surface area (Å²) in [6.45, 7) is 1.79. The second-order valence-electron chi connectivity index (χ2n) is 4.66. The third-order valence-electron chi connectivity index (χ3n) is 3.43. The van der Waals surface area contributed by atoms with Crippen molar-refractivity contribution < 1.29 is 14.4 Å². The summed E-state index contributed by atoms with van der Waals surface area (Å²) >= 11 is 0. The molecule has 18 heavy (non-hydrogen) atoms. The minimum absolute atomic E-state index is 0.130. The molecule has 3 rings (SSSR count). The van der Waals surface area contributed by atoms with Gasteiger partial charge in [-0.2, -0.15) is 0 Å². The van der Waals surface area contributed by atoms with Crippen LogP contribution in [0.15, 0.2) is 4.52 Å². The molecule has 0 radical (unpaired) electrons. The molecule has 0 spiro atoms. The summed E-state index contributed by atoms with van der Waals surface area (Å²) in [7, 11) is 0. The predicted octanol–water partition coefficient (Wildman–Crippen LogP) is 2.28. The summed E-state index contributed by atoms with van der Waals surface area (Å²) in [6.07, 6.45) is 4.50. The molecule has 0 atom stereocenters. The zero-order valence-corrected chi connectivity index (χ0v) is 10.0. The molecular weight excluding hydrogens is 234 g/mol. The van der Waals surface area contributed by atoms with E-state index in [2.05, 4.69) is 15.1 Å². The zero-order chi connectivity index (χ0) is 12.7. The molecule has 1 saturated carbocycles.